The Morgan fingerprint density at radius 3 is 2.61 bits per heavy atom. The van der Waals surface area contributed by atoms with Crippen LogP contribution in [-0.4, -0.2) is 53.8 Å². The topological polar surface area (TPSA) is 105 Å². The maximum Gasteiger partial charge on any atom is 0.342 e. The van der Waals surface area contributed by atoms with Gasteiger partial charge in [0.05, 0.1) is 26.4 Å². The summed E-state index contributed by atoms with van der Waals surface area (Å²) in [5.74, 6) is -0.639. The molecule has 3 atom stereocenters. The second kappa shape index (κ2) is 7.06. The predicted molar refractivity (Wildman–Crippen MR) is 81.0 cm³/mol. The first-order valence-corrected chi connectivity index (χ1v) is 7.41. The molecule has 2 rings (SSSR count). The Balaban J connectivity index is 2.27. The van der Waals surface area contributed by atoms with Crippen LogP contribution in [0.4, 0.5) is 0 Å². The third-order valence-electron chi connectivity index (χ3n) is 3.80. The van der Waals surface area contributed by atoms with Crippen molar-refractivity contribution in [3.05, 3.63) is 17.2 Å². The number of aliphatic hydroxyl groups is 2. The average molecular weight is 326 g/mol. The zero-order chi connectivity index (χ0) is 17.1. The molecule has 0 fully saturated rings. The van der Waals surface area contributed by atoms with Gasteiger partial charge in [-0.2, -0.15) is 0 Å². The zero-order valence-corrected chi connectivity index (χ0v) is 13.4. The fourth-order valence-electron chi connectivity index (χ4n) is 2.84. The molecule has 1 aromatic rings. The van der Waals surface area contributed by atoms with Crippen LogP contribution in [0.1, 0.15) is 35.7 Å². The number of fused-ring (bicyclic) bond motifs is 1. The number of hydrogen-bond acceptors (Lipinski definition) is 7. The quantitative estimate of drug-likeness (QED) is 0.670. The van der Waals surface area contributed by atoms with E-state index >= 15 is 0 Å². The van der Waals surface area contributed by atoms with E-state index in [1.165, 1.54) is 14.2 Å². The lowest BCUT2D eigenvalue weighted by Gasteiger charge is -2.28. The normalized spacial score (nSPS) is 19.5. The van der Waals surface area contributed by atoms with E-state index in [0.29, 0.717) is 12.0 Å². The summed E-state index contributed by atoms with van der Waals surface area (Å²) in [4.78, 5) is 12.2. The number of phenolic OH excluding ortho intramolecular Hbond substituents is 1. The molecule has 0 bridgehead atoms. The summed E-state index contributed by atoms with van der Waals surface area (Å²) >= 11 is 0. The molecule has 1 heterocycles. The second-order valence-corrected chi connectivity index (χ2v) is 5.70. The van der Waals surface area contributed by atoms with Gasteiger partial charge >= 0.3 is 5.97 Å². The van der Waals surface area contributed by atoms with Crippen LogP contribution in [0.25, 0.3) is 0 Å². The van der Waals surface area contributed by atoms with Crippen LogP contribution in [0, 0.1) is 0 Å². The smallest absolute Gasteiger partial charge is 0.342 e. The van der Waals surface area contributed by atoms with Crippen molar-refractivity contribution < 1.29 is 34.3 Å². The number of carbonyl (C=O) groups excluding carboxylic acids is 1. The summed E-state index contributed by atoms with van der Waals surface area (Å²) in [6.07, 6.45) is -1.11. The number of phenols is 1. The number of cyclic esters (lactones) is 1. The molecule has 128 valence electrons. The molecule has 0 spiro atoms. The summed E-state index contributed by atoms with van der Waals surface area (Å²) in [5.41, 5.74) is 0.800. The van der Waals surface area contributed by atoms with Gasteiger partial charge in [0.1, 0.15) is 11.7 Å². The lowest BCUT2D eigenvalue weighted by molar-refractivity contribution is 0.00266. The number of aliphatic hydroxyl groups excluding tert-OH is 2. The third kappa shape index (κ3) is 3.68. The Morgan fingerprint density at radius 2 is 2.04 bits per heavy atom. The van der Waals surface area contributed by atoms with E-state index < -0.39 is 24.3 Å². The summed E-state index contributed by atoms with van der Waals surface area (Å²) in [5, 5.41) is 29.3. The van der Waals surface area contributed by atoms with Gasteiger partial charge in [-0.3, -0.25) is 0 Å². The van der Waals surface area contributed by atoms with Gasteiger partial charge in [-0.05, 0) is 25.0 Å². The Kier molecular flexibility index (Phi) is 5.33. The molecule has 0 radical (unpaired) electrons. The standard InChI is InChI=1S/C16H22O7/c1-8(17)4-10(18)7-11-5-9-6-12(21-2)14(19)15(22-3)13(9)16(20)23-11/h6,8,10-11,17-19H,4-5,7H2,1-3H3/t8-,10-,11-/m0/s1. The van der Waals surface area contributed by atoms with Crippen molar-refractivity contribution in [3.63, 3.8) is 0 Å². The maximum atomic E-state index is 12.2. The van der Waals surface area contributed by atoms with Gasteiger partial charge in [-0.25, -0.2) is 4.79 Å². The Labute approximate surface area is 134 Å². The van der Waals surface area contributed by atoms with Gasteiger partial charge < -0.3 is 29.5 Å². The number of esters is 1. The molecule has 7 nitrogen and oxygen atoms in total. The average Bonchev–Trinajstić information content (AvgIpc) is 2.46. The molecule has 0 aliphatic carbocycles. The molecule has 0 aromatic heterocycles. The number of rotatable bonds is 6. The van der Waals surface area contributed by atoms with Crippen LogP contribution in [0.2, 0.25) is 0 Å². The Morgan fingerprint density at radius 1 is 1.35 bits per heavy atom. The minimum atomic E-state index is -0.768. The minimum Gasteiger partial charge on any atom is -0.502 e. The van der Waals surface area contributed by atoms with Gasteiger partial charge in [0.2, 0.25) is 5.75 Å². The molecule has 23 heavy (non-hydrogen) atoms. The summed E-state index contributed by atoms with van der Waals surface area (Å²) in [6, 6.07) is 1.57. The van der Waals surface area contributed by atoms with E-state index in [0.717, 1.165) is 0 Å². The number of hydrogen-bond donors (Lipinski definition) is 3. The van der Waals surface area contributed by atoms with Crippen molar-refractivity contribution in [1.82, 2.24) is 0 Å². The first-order chi connectivity index (χ1) is 10.9. The fraction of sp³-hybridized carbons (Fsp3) is 0.562. The fourth-order valence-corrected chi connectivity index (χ4v) is 2.84. The maximum absolute atomic E-state index is 12.2. The lowest BCUT2D eigenvalue weighted by Crippen LogP contribution is -2.32. The van der Waals surface area contributed by atoms with Crippen molar-refractivity contribution in [2.75, 3.05) is 14.2 Å². The molecule has 0 amide bonds. The summed E-state index contributed by atoms with van der Waals surface area (Å²) in [6.45, 7) is 1.59. The molecule has 1 aliphatic heterocycles. The SMILES string of the molecule is COc1cc2c(c(OC)c1O)C(=O)O[C@H](C[C@@H](O)C[C@H](C)O)C2. The van der Waals surface area contributed by atoms with E-state index in [9.17, 15) is 20.1 Å². The van der Waals surface area contributed by atoms with Crippen molar-refractivity contribution in [3.8, 4) is 17.2 Å². The van der Waals surface area contributed by atoms with Crippen LogP contribution in [0.5, 0.6) is 17.2 Å². The van der Waals surface area contributed by atoms with E-state index in [1.807, 2.05) is 0 Å². The highest BCUT2D eigenvalue weighted by molar-refractivity contribution is 5.97. The van der Waals surface area contributed by atoms with Crippen molar-refractivity contribution >= 4 is 5.97 Å². The van der Waals surface area contributed by atoms with Crippen LogP contribution in [0.3, 0.4) is 0 Å². The molecular weight excluding hydrogens is 304 g/mol. The zero-order valence-electron chi connectivity index (χ0n) is 13.4. The lowest BCUT2D eigenvalue weighted by atomic mass is 9.93. The van der Waals surface area contributed by atoms with Gasteiger partial charge in [-0.15, -0.1) is 0 Å². The second-order valence-electron chi connectivity index (χ2n) is 5.70. The monoisotopic (exact) mass is 326 g/mol. The molecule has 7 heteroatoms. The van der Waals surface area contributed by atoms with Gasteiger partial charge in [0.15, 0.2) is 11.5 Å². The van der Waals surface area contributed by atoms with E-state index in [-0.39, 0.29) is 35.7 Å². The highest BCUT2D eigenvalue weighted by Gasteiger charge is 2.33. The van der Waals surface area contributed by atoms with Gasteiger partial charge in [0, 0.05) is 12.8 Å². The van der Waals surface area contributed by atoms with Crippen molar-refractivity contribution in [1.29, 1.82) is 0 Å². The van der Waals surface area contributed by atoms with E-state index in [4.69, 9.17) is 14.2 Å². The molecule has 1 aromatic carbocycles. The molecular formula is C16H22O7. The highest BCUT2D eigenvalue weighted by atomic mass is 16.5. The Hall–Kier alpha value is -1.99. The van der Waals surface area contributed by atoms with Gasteiger partial charge in [-0.1, -0.05) is 0 Å². The molecule has 0 saturated heterocycles. The van der Waals surface area contributed by atoms with Crippen LogP contribution in [-0.2, 0) is 11.2 Å². The van der Waals surface area contributed by atoms with Crippen molar-refractivity contribution in [2.24, 2.45) is 0 Å². The number of methoxy groups -OCH3 is 2. The highest BCUT2D eigenvalue weighted by Crippen LogP contribution is 2.43. The first-order valence-electron chi connectivity index (χ1n) is 7.41. The van der Waals surface area contributed by atoms with Crippen LogP contribution >= 0.6 is 0 Å². The van der Waals surface area contributed by atoms with Crippen LogP contribution in [0.15, 0.2) is 6.07 Å². The number of carbonyl (C=O) groups is 1. The predicted octanol–water partition coefficient (Wildman–Crippen LogP) is 1.01. The van der Waals surface area contributed by atoms with E-state index in [1.54, 1.807) is 13.0 Å². The minimum absolute atomic E-state index is 0.0207. The summed E-state index contributed by atoms with van der Waals surface area (Å²) < 4.78 is 15.5. The number of aromatic hydroxyl groups is 1. The number of ether oxygens (including phenoxy) is 3. The third-order valence-corrected chi connectivity index (χ3v) is 3.80. The van der Waals surface area contributed by atoms with Crippen molar-refractivity contribution in [2.45, 2.75) is 44.5 Å². The van der Waals surface area contributed by atoms with Gasteiger partial charge in [0.25, 0.3) is 0 Å². The first kappa shape index (κ1) is 17.4. The molecule has 1 aliphatic rings. The molecule has 0 saturated carbocycles. The van der Waals surface area contributed by atoms with E-state index in [2.05, 4.69) is 0 Å². The van der Waals surface area contributed by atoms with Crippen LogP contribution < -0.4 is 9.47 Å². The summed E-state index contributed by atoms with van der Waals surface area (Å²) in [7, 11) is 2.76. The molecule has 0 unspecified atom stereocenters. The number of benzene rings is 1. The molecule has 3 N–H and O–H groups in total. The largest absolute Gasteiger partial charge is 0.502 e. The Bertz CT molecular complexity index is 582.